The van der Waals surface area contributed by atoms with E-state index in [1.54, 1.807) is 24.0 Å². The molecule has 4 nitrogen and oxygen atoms in total. The number of rotatable bonds is 2. The molecule has 1 rings (SSSR count). The van der Waals surface area contributed by atoms with E-state index in [2.05, 4.69) is 0 Å². The van der Waals surface area contributed by atoms with Crippen molar-refractivity contribution < 1.29 is 0 Å². The lowest BCUT2D eigenvalue weighted by molar-refractivity contribution is 0.424. The first-order valence-corrected chi connectivity index (χ1v) is 3.91. The van der Waals surface area contributed by atoms with E-state index >= 15 is 0 Å². The third kappa shape index (κ3) is 1.98. The van der Waals surface area contributed by atoms with E-state index in [4.69, 9.17) is 5.73 Å². The largest absolute Gasteiger partial charge is 0.327 e. The van der Waals surface area contributed by atoms with E-state index in [1.807, 2.05) is 13.8 Å². The van der Waals surface area contributed by atoms with E-state index in [0.29, 0.717) is 6.54 Å². The highest BCUT2D eigenvalue weighted by atomic mass is 16.1. The summed E-state index contributed by atoms with van der Waals surface area (Å²) >= 11 is 0. The molecule has 1 aromatic heterocycles. The molecule has 0 aromatic carbocycles. The van der Waals surface area contributed by atoms with Crippen LogP contribution in [0.2, 0.25) is 0 Å². The Bertz CT molecular complexity index is 316. The minimum absolute atomic E-state index is 0.0199. The highest BCUT2D eigenvalue weighted by Crippen LogP contribution is 1.99. The molecule has 0 saturated carbocycles. The van der Waals surface area contributed by atoms with E-state index in [-0.39, 0.29) is 11.2 Å². The van der Waals surface area contributed by atoms with Gasteiger partial charge >= 0.3 is 5.69 Å². The Hall–Kier alpha value is -1.03. The average Bonchev–Trinajstić information content (AvgIpc) is 2.16. The second kappa shape index (κ2) is 2.79. The second-order valence-electron chi connectivity index (χ2n) is 3.81. The molecule has 0 aliphatic carbocycles. The molecule has 0 aliphatic heterocycles. The number of imidazole rings is 1. The zero-order valence-corrected chi connectivity index (χ0v) is 7.74. The second-order valence-corrected chi connectivity index (χ2v) is 3.81. The summed E-state index contributed by atoms with van der Waals surface area (Å²) in [6.07, 6.45) is 3.48. The van der Waals surface area contributed by atoms with E-state index in [0.717, 1.165) is 0 Å². The monoisotopic (exact) mass is 169 g/mol. The van der Waals surface area contributed by atoms with Gasteiger partial charge in [0.2, 0.25) is 0 Å². The minimum Gasteiger partial charge on any atom is -0.324 e. The fourth-order valence-electron chi connectivity index (χ4n) is 1.07. The number of hydrogen-bond acceptors (Lipinski definition) is 2. The van der Waals surface area contributed by atoms with Gasteiger partial charge in [0.15, 0.2) is 0 Å². The predicted octanol–water partition coefficient (Wildman–Crippen LogP) is -0.0759. The number of aryl methyl sites for hydroxylation is 1. The molecule has 2 N–H and O–H groups in total. The Labute approximate surface area is 71.6 Å². The molecule has 1 aromatic rings. The van der Waals surface area contributed by atoms with Crippen LogP contribution in [0.5, 0.6) is 0 Å². The standard InChI is InChI=1S/C8H15N3O/c1-8(2,9)6-11-5-4-10(3)7(11)12/h4-5H,6,9H2,1-3H3. The van der Waals surface area contributed by atoms with Crippen LogP contribution in [0.15, 0.2) is 17.2 Å². The first kappa shape index (κ1) is 9.06. The van der Waals surface area contributed by atoms with Crippen molar-refractivity contribution in [2.75, 3.05) is 0 Å². The van der Waals surface area contributed by atoms with Gasteiger partial charge in [0.05, 0.1) is 0 Å². The molecule has 0 fully saturated rings. The fraction of sp³-hybridized carbons (Fsp3) is 0.625. The highest BCUT2D eigenvalue weighted by Gasteiger charge is 2.12. The van der Waals surface area contributed by atoms with Crippen LogP contribution >= 0.6 is 0 Å². The van der Waals surface area contributed by atoms with Crippen molar-refractivity contribution in [1.82, 2.24) is 9.13 Å². The van der Waals surface area contributed by atoms with Crippen molar-refractivity contribution in [3.05, 3.63) is 22.9 Å². The van der Waals surface area contributed by atoms with Crippen molar-refractivity contribution in [1.29, 1.82) is 0 Å². The molecule has 0 saturated heterocycles. The molecule has 0 atom stereocenters. The molecule has 0 aliphatic rings. The summed E-state index contributed by atoms with van der Waals surface area (Å²) in [5.74, 6) is 0. The van der Waals surface area contributed by atoms with Crippen molar-refractivity contribution in [3.63, 3.8) is 0 Å². The zero-order chi connectivity index (χ0) is 9.35. The van der Waals surface area contributed by atoms with E-state index in [1.165, 1.54) is 4.57 Å². The summed E-state index contributed by atoms with van der Waals surface area (Å²) in [5, 5.41) is 0. The SMILES string of the molecule is Cn1ccn(CC(C)(C)N)c1=O. The molecule has 1 heterocycles. The van der Waals surface area contributed by atoms with Crippen LogP contribution in [0.1, 0.15) is 13.8 Å². The Balaban J connectivity index is 2.91. The molecule has 0 amide bonds. The van der Waals surface area contributed by atoms with Crippen LogP contribution in [0.3, 0.4) is 0 Å². The van der Waals surface area contributed by atoms with Gasteiger partial charge in [0, 0.05) is 31.5 Å². The Kier molecular flexibility index (Phi) is 2.10. The quantitative estimate of drug-likeness (QED) is 0.673. The molecule has 0 spiro atoms. The number of nitrogens with zero attached hydrogens (tertiary/aromatic N) is 2. The van der Waals surface area contributed by atoms with Gasteiger partial charge in [-0.2, -0.15) is 0 Å². The third-order valence-electron chi connectivity index (χ3n) is 1.60. The Morgan fingerprint density at radius 3 is 2.42 bits per heavy atom. The first-order valence-electron chi connectivity index (χ1n) is 3.91. The number of nitrogens with two attached hydrogens (primary N) is 1. The zero-order valence-electron chi connectivity index (χ0n) is 7.74. The van der Waals surface area contributed by atoms with Gasteiger partial charge in [0.1, 0.15) is 0 Å². The fourth-order valence-corrected chi connectivity index (χ4v) is 1.07. The van der Waals surface area contributed by atoms with Gasteiger partial charge in [-0.3, -0.25) is 4.57 Å². The molecule has 0 radical (unpaired) electrons. The molecule has 0 bridgehead atoms. The molecule has 12 heavy (non-hydrogen) atoms. The Morgan fingerprint density at radius 1 is 1.50 bits per heavy atom. The number of aromatic nitrogens is 2. The third-order valence-corrected chi connectivity index (χ3v) is 1.60. The lowest BCUT2D eigenvalue weighted by Crippen LogP contribution is -2.40. The average molecular weight is 169 g/mol. The van der Waals surface area contributed by atoms with Gasteiger partial charge in [-0.15, -0.1) is 0 Å². The van der Waals surface area contributed by atoms with Crippen molar-refractivity contribution >= 4 is 0 Å². The van der Waals surface area contributed by atoms with Crippen molar-refractivity contribution in [2.45, 2.75) is 25.9 Å². The summed E-state index contributed by atoms with van der Waals surface area (Å²) in [7, 11) is 1.72. The van der Waals surface area contributed by atoms with Crippen LogP contribution in [-0.4, -0.2) is 14.7 Å². The number of hydrogen-bond donors (Lipinski definition) is 1. The van der Waals surface area contributed by atoms with Gasteiger partial charge in [-0.05, 0) is 13.8 Å². The topological polar surface area (TPSA) is 52.9 Å². The van der Waals surface area contributed by atoms with Crippen LogP contribution in [0, 0.1) is 0 Å². The minimum atomic E-state index is -0.342. The smallest absolute Gasteiger partial charge is 0.324 e. The van der Waals surface area contributed by atoms with Crippen LogP contribution in [0.4, 0.5) is 0 Å². The predicted molar refractivity (Wildman–Crippen MR) is 47.9 cm³/mol. The summed E-state index contributed by atoms with van der Waals surface area (Å²) in [4.78, 5) is 11.3. The normalized spacial score (nSPS) is 12.0. The summed E-state index contributed by atoms with van der Waals surface area (Å²) in [5.41, 5.74) is 5.41. The molecular formula is C8H15N3O. The molecule has 4 heteroatoms. The van der Waals surface area contributed by atoms with Gasteiger partial charge < -0.3 is 10.3 Å². The lowest BCUT2D eigenvalue weighted by Gasteiger charge is -2.17. The Morgan fingerprint density at radius 2 is 2.08 bits per heavy atom. The maximum absolute atomic E-state index is 11.3. The van der Waals surface area contributed by atoms with Crippen LogP contribution < -0.4 is 11.4 Å². The highest BCUT2D eigenvalue weighted by molar-refractivity contribution is 4.84. The van der Waals surface area contributed by atoms with Crippen molar-refractivity contribution in [2.24, 2.45) is 12.8 Å². The first-order chi connectivity index (χ1) is 5.40. The maximum Gasteiger partial charge on any atom is 0.327 e. The summed E-state index contributed by atoms with van der Waals surface area (Å²) in [6.45, 7) is 4.34. The van der Waals surface area contributed by atoms with Gasteiger partial charge in [-0.25, -0.2) is 4.79 Å². The van der Waals surface area contributed by atoms with Crippen LogP contribution in [0.25, 0.3) is 0 Å². The molecule has 0 unspecified atom stereocenters. The van der Waals surface area contributed by atoms with Crippen LogP contribution in [-0.2, 0) is 13.6 Å². The van der Waals surface area contributed by atoms with E-state index < -0.39 is 0 Å². The molecular weight excluding hydrogens is 154 g/mol. The van der Waals surface area contributed by atoms with E-state index in [9.17, 15) is 4.79 Å². The summed E-state index contributed by atoms with van der Waals surface area (Å²) in [6, 6.07) is 0. The van der Waals surface area contributed by atoms with Gasteiger partial charge in [0.25, 0.3) is 0 Å². The van der Waals surface area contributed by atoms with Gasteiger partial charge in [-0.1, -0.05) is 0 Å². The molecule has 68 valence electrons. The van der Waals surface area contributed by atoms with Crippen molar-refractivity contribution in [3.8, 4) is 0 Å². The maximum atomic E-state index is 11.3. The lowest BCUT2D eigenvalue weighted by atomic mass is 10.1. The summed E-state index contributed by atoms with van der Waals surface area (Å²) < 4.78 is 3.14.